The molecular formula is C15H20N2O2S. The van der Waals surface area contributed by atoms with E-state index in [-0.39, 0.29) is 10.3 Å². The highest BCUT2D eigenvalue weighted by molar-refractivity contribution is 7.89. The number of hydrogen-bond donors (Lipinski definition) is 0. The molecule has 1 aromatic rings. The fraction of sp³-hybridized carbons (Fsp3) is 0.533. The summed E-state index contributed by atoms with van der Waals surface area (Å²) in [5.41, 5.74) is 1.27. The molecule has 0 atom stereocenters. The van der Waals surface area contributed by atoms with Gasteiger partial charge < -0.3 is 0 Å². The lowest BCUT2D eigenvalue weighted by molar-refractivity contribution is 0.196. The third kappa shape index (κ3) is 2.87. The summed E-state index contributed by atoms with van der Waals surface area (Å²) >= 11 is 0. The Kier molecular flexibility index (Phi) is 3.90. The molecule has 0 N–H and O–H groups in total. The average molecular weight is 292 g/mol. The van der Waals surface area contributed by atoms with Crippen LogP contribution in [-0.4, -0.2) is 25.8 Å². The number of aryl methyl sites for hydroxylation is 1. The first-order chi connectivity index (χ1) is 9.26. The van der Waals surface area contributed by atoms with E-state index in [2.05, 4.69) is 13.8 Å². The van der Waals surface area contributed by atoms with Gasteiger partial charge in [-0.25, -0.2) is 8.42 Å². The van der Waals surface area contributed by atoms with Gasteiger partial charge in [0.15, 0.2) is 0 Å². The van der Waals surface area contributed by atoms with Crippen molar-refractivity contribution in [1.29, 1.82) is 5.26 Å². The molecule has 2 rings (SSSR count). The Morgan fingerprint density at radius 2 is 1.85 bits per heavy atom. The molecule has 5 heteroatoms. The number of benzene rings is 1. The molecule has 1 saturated heterocycles. The van der Waals surface area contributed by atoms with E-state index in [1.165, 1.54) is 6.07 Å². The normalized spacial score (nSPS) is 19.5. The van der Waals surface area contributed by atoms with Gasteiger partial charge in [-0.3, -0.25) is 0 Å². The first-order valence-electron chi connectivity index (χ1n) is 6.77. The maximum Gasteiger partial charge on any atom is 0.243 e. The van der Waals surface area contributed by atoms with Gasteiger partial charge in [0.1, 0.15) is 0 Å². The second-order valence-electron chi connectivity index (χ2n) is 6.16. The van der Waals surface area contributed by atoms with Crippen molar-refractivity contribution in [1.82, 2.24) is 4.31 Å². The van der Waals surface area contributed by atoms with Crippen LogP contribution >= 0.6 is 0 Å². The van der Waals surface area contributed by atoms with Crippen LogP contribution in [0.3, 0.4) is 0 Å². The lowest BCUT2D eigenvalue weighted by atomic mass is 9.83. The van der Waals surface area contributed by atoms with Crippen molar-refractivity contribution in [2.75, 3.05) is 13.1 Å². The van der Waals surface area contributed by atoms with Gasteiger partial charge in [-0.2, -0.15) is 9.57 Å². The van der Waals surface area contributed by atoms with Gasteiger partial charge >= 0.3 is 0 Å². The summed E-state index contributed by atoms with van der Waals surface area (Å²) in [6.45, 7) is 7.19. The highest BCUT2D eigenvalue weighted by atomic mass is 32.2. The minimum atomic E-state index is -3.49. The molecule has 0 unspecified atom stereocenters. The maximum atomic E-state index is 12.7. The largest absolute Gasteiger partial charge is 0.243 e. The number of nitrogens with zero attached hydrogens (tertiary/aromatic N) is 2. The summed E-state index contributed by atoms with van der Waals surface area (Å²) in [4.78, 5) is 0.260. The summed E-state index contributed by atoms with van der Waals surface area (Å²) in [6.07, 6.45) is 1.73. The van der Waals surface area contributed by atoms with Crippen LogP contribution in [0.15, 0.2) is 23.1 Å². The fourth-order valence-corrected chi connectivity index (χ4v) is 4.11. The molecule has 1 aliphatic heterocycles. The number of rotatable bonds is 2. The van der Waals surface area contributed by atoms with Crippen LogP contribution < -0.4 is 0 Å². The van der Waals surface area contributed by atoms with E-state index in [1.807, 2.05) is 6.07 Å². The Bertz CT molecular complexity index is 647. The van der Waals surface area contributed by atoms with Gasteiger partial charge in [-0.05, 0) is 42.9 Å². The van der Waals surface area contributed by atoms with E-state index in [0.29, 0.717) is 24.2 Å². The molecule has 0 radical (unpaired) electrons. The Labute approximate surface area is 121 Å². The zero-order chi connectivity index (χ0) is 15.0. The van der Waals surface area contributed by atoms with Crippen molar-refractivity contribution >= 4 is 10.0 Å². The van der Waals surface area contributed by atoms with Gasteiger partial charge in [0.05, 0.1) is 16.5 Å². The first-order valence-corrected chi connectivity index (χ1v) is 8.21. The summed E-state index contributed by atoms with van der Waals surface area (Å²) in [6, 6.07) is 6.82. The van der Waals surface area contributed by atoms with Gasteiger partial charge in [0.2, 0.25) is 10.0 Å². The fourth-order valence-electron chi connectivity index (χ4n) is 2.42. The summed E-state index contributed by atoms with van der Waals surface area (Å²) in [5.74, 6) is 0. The van der Waals surface area contributed by atoms with E-state index in [4.69, 9.17) is 5.26 Å². The lowest BCUT2D eigenvalue weighted by Crippen LogP contribution is -2.41. The molecule has 20 heavy (non-hydrogen) atoms. The Hall–Kier alpha value is -1.38. The van der Waals surface area contributed by atoms with Gasteiger partial charge in [0.25, 0.3) is 0 Å². The van der Waals surface area contributed by atoms with Crippen molar-refractivity contribution in [3.05, 3.63) is 29.3 Å². The van der Waals surface area contributed by atoms with Crippen LogP contribution in [0.25, 0.3) is 0 Å². The van der Waals surface area contributed by atoms with Gasteiger partial charge in [-0.1, -0.05) is 19.9 Å². The summed E-state index contributed by atoms with van der Waals surface area (Å²) in [5, 5.41) is 8.94. The molecule has 0 spiro atoms. The second kappa shape index (κ2) is 5.19. The molecule has 0 amide bonds. The molecule has 0 aromatic heterocycles. The zero-order valence-electron chi connectivity index (χ0n) is 12.2. The molecule has 108 valence electrons. The molecular weight excluding hydrogens is 272 g/mol. The van der Waals surface area contributed by atoms with E-state index >= 15 is 0 Å². The number of piperidine rings is 1. The van der Waals surface area contributed by atoms with Crippen molar-refractivity contribution in [3.8, 4) is 6.07 Å². The molecule has 0 aliphatic carbocycles. The third-order valence-electron chi connectivity index (χ3n) is 4.01. The quantitative estimate of drug-likeness (QED) is 0.842. The molecule has 1 aromatic carbocycles. The predicted octanol–water partition coefficient (Wildman–Crippen LogP) is 2.68. The van der Waals surface area contributed by atoms with E-state index in [0.717, 1.165) is 12.8 Å². The molecule has 0 bridgehead atoms. The van der Waals surface area contributed by atoms with E-state index in [9.17, 15) is 8.42 Å². The van der Waals surface area contributed by atoms with Crippen LogP contribution in [0.2, 0.25) is 0 Å². The molecule has 1 heterocycles. The van der Waals surface area contributed by atoms with Gasteiger partial charge in [0, 0.05) is 13.1 Å². The predicted molar refractivity (Wildman–Crippen MR) is 77.7 cm³/mol. The third-order valence-corrected chi connectivity index (χ3v) is 6.05. The van der Waals surface area contributed by atoms with E-state index < -0.39 is 10.0 Å². The minimum Gasteiger partial charge on any atom is -0.207 e. The van der Waals surface area contributed by atoms with Crippen molar-refractivity contribution in [2.45, 2.75) is 38.5 Å². The summed E-state index contributed by atoms with van der Waals surface area (Å²) < 4.78 is 27.0. The number of sulfonamides is 1. The minimum absolute atomic E-state index is 0.204. The van der Waals surface area contributed by atoms with Crippen LogP contribution in [-0.2, 0) is 10.0 Å². The van der Waals surface area contributed by atoms with Crippen molar-refractivity contribution in [3.63, 3.8) is 0 Å². The standard InChI is InChI=1S/C15H20N2O2S/c1-12-4-5-13(11-16)10-14(12)20(18,19)17-8-6-15(2,3)7-9-17/h4-5,10H,6-9H2,1-3H3. The highest BCUT2D eigenvalue weighted by Gasteiger charge is 2.33. The molecule has 1 aliphatic rings. The van der Waals surface area contributed by atoms with Gasteiger partial charge in [-0.15, -0.1) is 0 Å². The highest BCUT2D eigenvalue weighted by Crippen LogP contribution is 2.33. The molecule has 0 saturated carbocycles. The van der Waals surface area contributed by atoms with E-state index in [1.54, 1.807) is 23.4 Å². The van der Waals surface area contributed by atoms with Crippen LogP contribution in [0.5, 0.6) is 0 Å². The van der Waals surface area contributed by atoms with Crippen molar-refractivity contribution < 1.29 is 8.42 Å². The SMILES string of the molecule is Cc1ccc(C#N)cc1S(=O)(=O)N1CCC(C)(C)CC1. The monoisotopic (exact) mass is 292 g/mol. The maximum absolute atomic E-state index is 12.7. The average Bonchev–Trinajstić information content (AvgIpc) is 2.38. The van der Waals surface area contributed by atoms with Crippen LogP contribution in [0.4, 0.5) is 0 Å². The molecule has 4 nitrogen and oxygen atoms in total. The number of nitriles is 1. The van der Waals surface area contributed by atoms with Crippen LogP contribution in [0, 0.1) is 23.7 Å². The smallest absolute Gasteiger partial charge is 0.207 e. The zero-order valence-corrected chi connectivity index (χ0v) is 13.0. The Morgan fingerprint density at radius 3 is 2.40 bits per heavy atom. The topological polar surface area (TPSA) is 61.2 Å². The van der Waals surface area contributed by atoms with Crippen molar-refractivity contribution in [2.24, 2.45) is 5.41 Å². The van der Waals surface area contributed by atoms with Crippen LogP contribution in [0.1, 0.15) is 37.8 Å². The lowest BCUT2D eigenvalue weighted by Gasteiger charge is -2.36. The number of hydrogen-bond acceptors (Lipinski definition) is 3. The first kappa shape index (κ1) is 15.0. The Balaban J connectivity index is 2.35. The Morgan fingerprint density at radius 1 is 1.25 bits per heavy atom. The second-order valence-corrected chi connectivity index (χ2v) is 8.07. The molecule has 1 fully saturated rings. The summed E-state index contributed by atoms with van der Waals surface area (Å²) in [7, 11) is -3.49.